The SMILES string of the molecule is C=CC.Cc1ccc(CNC(=O)NC/C=C/F)cc1. The van der Waals surface area contributed by atoms with E-state index in [4.69, 9.17) is 0 Å². The quantitative estimate of drug-likeness (QED) is 0.803. The van der Waals surface area contributed by atoms with Gasteiger partial charge in [-0.15, -0.1) is 6.58 Å². The maximum atomic E-state index is 11.6. The molecule has 4 heteroatoms. The summed E-state index contributed by atoms with van der Waals surface area (Å²) in [5.41, 5.74) is 2.21. The van der Waals surface area contributed by atoms with Crippen LogP contribution in [0.25, 0.3) is 0 Å². The van der Waals surface area contributed by atoms with Gasteiger partial charge < -0.3 is 10.6 Å². The van der Waals surface area contributed by atoms with Crippen LogP contribution in [0.2, 0.25) is 0 Å². The Kier molecular flexibility index (Phi) is 9.80. The number of aryl methyl sites for hydroxylation is 1. The number of carbonyl (C=O) groups excluding carboxylic acids is 1. The zero-order valence-electron chi connectivity index (χ0n) is 11.4. The lowest BCUT2D eigenvalue weighted by atomic mass is 10.1. The Morgan fingerprint density at radius 1 is 1.32 bits per heavy atom. The van der Waals surface area contributed by atoms with E-state index in [0.29, 0.717) is 12.9 Å². The molecule has 0 unspecified atom stereocenters. The molecule has 0 aliphatic heterocycles. The van der Waals surface area contributed by atoms with Crippen LogP contribution in [0.4, 0.5) is 9.18 Å². The molecular formula is C15H21FN2O. The predicted octanol–water partition coefficient (Wildman–Crippen LogP) is 3.47. The number of amides is 2. The first-order chi connectivity index (χ1) is 9.13. The molecule has 3 nitrogen and oxygen atoms in total. The standard InChI is InChI=1S/C12H15FN2O.C3H6/c1-10-3-5-11(6-4-10)9-15-12(16)14-8-2-7-13;1-3-2/h2-7H,8-9H2,1H3,(H2,14,15,16);3H,1H2,2H3/b7-2+;. The highest BCUT2D eigenvalue weighted by atomic mass is 19.1. The third-order valence-electron chi connectivity index (χ3n) is 2.04. The van der Waals surface area contributed by atoms with E-state index in [-0.39, 0.29) is 12.6 Å². The van der Waals surface area contributed by atoms with Gasteiger partial charge in [-0.05, 0) is 25.5 Å². The maximum absolute atomic E-state index is 11.6. The van der Waals surface area contributed by atoms with Crippen molar-refractivity contribution in [3.8, 4) is 0 Å². The monoisotopic (exact) mass is 264 g/mol. The molecule has 0 aromatic heterocycles. The molecule has 2 amide bonds. The van der Waals surface area contributed by atoms with Gasteiger partial charge in [0.1, 0.15) is 0 Å². The van der Waals surface area contributed by atoms with Crippen LogP contribution in [0.5, 0.6) is 0 Å². The normalized spacial score (nSPS) is 9.42. The van der Waals surface area contributed by atoms with Gasteiger partial charge in [-0.3, -0.25) is 0 Å². The number of hydrogen-bond acceptors (Lipinski definition) is 1. The lowest BCUT2D eigenvalue weighted by molar-refractivity contribution is 0.241. The van der Waals surface area contributed by atoms with Crippen LogP contribution in [-0.4, -0.2) is 12.6 Å². The van der Waals surface area contributed by atoms with E-state index >= 15 is 0 Å². The average Bonchev–Trinajstić information content (AvgIpc) is 2.39. The summed E-state index contributed by atoms with van der Waals surface area (Å²) < 4.78 is 11.6. The first-order valence-corrected chi connectivity index (χ1v) is 6.03. The Balaban J connectivity index is 0.000000982. The second-order valence-corrected chi connectivity index (χ2v) is 3.82. The van der Waals surface area contributed by atoms with Gasteiger partial charge in [0.2, 0.25) is 0 Å². The number of urea groups is 1. The molecule has 19 heavy (non-hydrogen) atoms. The highest BCUT2D eigenvalue weighted by molar-refractivity contribution is 5.73. The van der Waals surface area contributed by atoms with Gasteiger partial charge >= 0.3 is 6.03 Å². The fraction of sp³-hybridized carbons (Fsp3) is 0.267. The number of rotatable bonds is 4. The fourth-order valence-electron chi connectivity index (χ4n) is 1.15. The predicted molar refractivity (Wildman–Crippen MR) is 77.5 cm³/mol. The molecule has 0 radical (unpaired) electrons. The Labute approximate surface area is 114 Å². The smallest absolute Gasteiger partial charge is 0.315 e. The van der Waals surface area contributed by atoms with Gasteiger partial charge in [0.25, 0.3) is 0 Å². The fourth-order valence-corrected chi connectivity index (χ4v) is 1.15. The van der Waals surface area contributed by atoms with Gasteiger partial charge in [0.15, 0.2) is 0 Å². The van der Waals surface area contributed by atoms with Crippen LogP contribution >= 0.6 is 0 Å². The number of halogens is 1. The number of nitrogens with one attached hydrogen (secondary N) is 2. The molecule has 0 heterocycles. The molecule has 1 rings (SSSR count). The van der Waals surface area contributed by atoms with Gasteiger partial charge in [-0.1, -0.05) is 35.9 Å². The number of benzene rings is 1. The molecule has 0 fully saturated rings. The van der Waals surface area contributed by atoms with E-state index in [1.165, 1.54) is 11.6 Å². The molecule has 0 atom stereocenters. The van der Waals surface area contributed by atoms with Crippen molar-refractivity contribution < 1.29 is 9.18 Å². The van der Waals surface area contributed by atoms with Gasteiger partial charge in [-0.2, -0.15) is 0 Å². The molecular weight excluding hydrogens is 243 g/mol. The van der Waals surface area contributed by atoms with Gasteiger partial charge in [0.05, 0.1) is 6.33 Å². The second-order valence-electron chi connectivity index (χ2n) is 3.82. The van der Waals surface area contributed by atoms with Crippen molar-refractivity contribution in [3.05, 3.63) is 60.5 Å². The van der Waals surface area contributed by atoms with Crippen molar-refractivity contribution in [2.45, 2.75) is 20.4 Å². The molecule has 0 aliphatic carbocycles. The number of carbonyl (C=O) groups is 1. The van der Waals surface area contributed by atoms with Crippen molar-refractivity contribution in [3.63, 3.8) is 0 Å². The molecule has 0 spiro atoms. The molecule has 0 aliphatic rings. The zero-order valence-corrected chi connectivity index (χ0v) is 11.4. The summed E-state index contributed by atoms with van der Waals surface area (Å²) in [5.74, 6) is 0. The number of allylic oxidation sites excluding steroid dienone is 1. The summed E-state index contributed by atoms with van der Waals surface area (Å²) in [6.45, 7) is 7.91. The lowest BCUT2D eigenvalue weighted by Crippen LogP contribution is -2.34. The van der Waals surface area contributed by atoms with Crippen LogP contribution in [0.15, 0.2) is 49.3 Å². The zero-order chi connectivity index (χ0) is 14.5. The summed E-state index contributed by atoms with van der Waals surface area (Å²) in [4.78, 5) is 11.2. The van der Waals surface area contributed by atoms with Crippen LogP contribution in [0.3, 0.4) is 0 Å². The molecule has 2 N–H and O–H groups in total. The third kappa shape index (κ3) is 9.59. The largest absolute Gasteiger partial charge is 0.335 e. The van der Waals surface area contributed by atoms with E-state index in [0.717, 1.165) is 5.56 Å². The second kappa shape index (κ2) is 11.0. The first-order valence-electron chi connectivity index (χ1n) is 6.03. The van der Waals surface area contributed by atoms with Crippen molar-refractivity contribution in [1.29, 1.82) is 0 Å². The minimum absolute atomic E-state index is 0.191. The minimum atomic E-state index is -0.307. The summed E-state index contributed by atoms with van der Waals surface area (Å²) in [6.07, 6.45) is 3.38. The average molecular weight is 264 g/mol. The summed E-state index contributed by atoms with van der Waals surface area (Å²) in [5, 5.41) is 5.16. The van der Waals surface area contributed by atoms with Crippen LogP contribution in [-0.2, 0) is 6.54 Å². The molecule has 1 aromatic carbocycles. The lowest BCUT2D eigenvalue weighted by Gasteiger charge is -2.06. The first kappa shape index (κ1) is 16.9. The van der Waals surface area contributed by atoms with Crippen LogP contribution in [0, 0.1) is 6.92 Å². The third-order valence-corrected chi connectivity index (χ3v) is 2.04. The van der Waals surface area contributed by atoms with E-state index in [1.807, 2.05) is 38.1 Å². The Bertz CT molecular complexity index is 399. The minimum Gasteiger partial charge on any atom is -0.335 e. The topological polar surface area (TPSA) is 41.1 Å². The van der Waals surface area contributed by atoms with Crippen molar-refractivity contribution in [2.24, 2.45) is 0 Å². The van der Waals surface area contributed by atoms with Crippen molar-refractivity contribution in [1.82, 2.24) is 10.6 Å². The van der Waals surface area contributed by atoms with Gasteiger partial charge in [0, 0.05) is 13.1 Å². The Morgan fingerprint density at radius 2 is 1.89 bits per heavy atom. The molecule has 104 valence electrons. The maximum Gasteiger partial charge on any atom is 0.315 e. The molecule has 0 saturated carbocycles. The van der Waals surface area contributed by atoms with Crippen molar-refractivity contribution in [2.75, 3.05) is 6.54 Å². The Hall–Kier alpha value is -2.10. The van der Waals surface area contributed by atoms with E-state index in [9.17, 15) is 9.18 Å². The van der Waals surface area contributed by atoms with Crippen molar-refractivity contribution >= 4 is 6.03 Å². The molecule has 0 bridgehead atoms. The summed E-state index contributed by atoms with van der Waals surface area (Å²) in [7, 11) is 0. The highest BCUT2D eigenvalue weighted by Gasteiger charge is 1.97. The van der Waals surface area contributed by atoms with E-state index in [2.05, 4.69) is 17.2 Å². The molecule has 0 saturated heterocycles. The van der Waals surface area contributed by atoms with Crippen LogP contribution < -0.4 is 10.6 Å². The summed E-state index contributed by atoms with van der Waals surface area (Å²) >= 11 is 0. The number of hydrogen-bond donors (Lipinski definition) is 2. The summed E-state index contributed by atoms with van der Waals surface area (Å²) in [6, 6.07) is 7.58. The molecule has 1 aromatic rings. The van der Waals surface area contributed by atoms with Gasteiger partial charge in [-0.25, -0.2) is 9.18 Å². The van der Waals surface area contributed by atoms with Crippen LogP contribution in [0.1, 0.15) is 18.1 Å². The Morgan fingerprint density at radius 3 is 2.42 bits per heavy atom. The highest BCUT2D eigenvalue weighted by Crippen LogP contribution is 2.02. The van der Waals surface area contributed by atoms with E-state index in [1.54, 1.807) is 6.08 Å². The van der Waals surface area contributed by atoms with E-state index < -0.39 is 0 Å².